The van der Waals surface area contributed by atoms with Crippen molar-refractivity contribution in [1.82, 2.24) is 9.97 Å². The number of piperidine rings is 1. The van der Waals surface area contributed by atoms with Crippen LogP contribution in [0.15, 0.2) is 30.3 Å². The Morgan fingerprint density at radius 2 is 2.00 bits per heavy atom. The number of amides is 1. The zero-order chi connectivity index (χ0) is 19.4. The number of nitrogens with zero attached hydrogens (tertiary/aromatic N) is 4. The van der Waals surface area contributed by atoms with Crippen LogP contribution in [0.25, 0.3) is 0 Å². The molecule has 1 aromatic carbocycles. The molecule has 1 aliphatic heterocycles. The summed E-state index contributed by atoms with van der Waals surface area (Å²) in [6.45, 7) is 9.74. The Morgan fingerprint density at radius 1 is 1.19 bits per heavy atom. The largest absolute Gasteiger partial charge is 0.338 e. The standard InChI is InChI=1S/C22H30N4O/c1-5-18-11-7-8-13-26(18)22-23-17(4)15-20(24-22)21(27)25(6-2)19-12-9-10-16(3)14-19/h9-10,12,14-15,18H,5-8,11,13H2,1-4H3. The minimum Gasteiger partial charge on any atom is -0.338 e. The number of aryl methyl sites for hydroxylation is 2. The number of benzene rings is 1. The van der Waals surface area contributed by atoms with Crippen LogP contribution in [0.3, 0.4) is 0 Å². The fraction of sp³-hybridized carbons (Fsp3) is 0.500. The van der Waals surface area contributed by atoms with E-state index in [4.69, 9.17) is 4.98 Å². The van der Waals surface area contributed by atoms with Gasteiger partial charge in [-0.2, -0.15) is 0 Å². The van der Waals surface area contributed by atoms with Gasteiger partial charge < -0.3 is 9.80 Å². The summed E-state index contributed by atoms with van der Waals surface area (Å²) in [5, 5.41) is 0. The van der Waals surface area contributed by atoms with Gasteiger partial charge in [0, 0.05) is 30.5 Å². The molecule has 0 spiro atoms. The summed E-state index contributed by atoms with van der Waals surface area (Å²) in [7, 11) is 0. The molecule has 0 N–H and O–H groups in total. The Balaban J connectivity index is 1.93. The highest BCUT2D eigenvalue weighted by molar-refractivity contribution is 6.05. The number of hydrogen-bond acceptors (Lipinski definition) is 4. The van der Waals surface area contributed by atoms with Crippen molar-refractivity contribution in [1.29, 1.82) is 0 Å². The first-order valence-corrected chi connectivity index (χ1v) is 10.0. The molecule has 1 atom stereocenters. The molecule has 3 rings (SSSR count). The molecular formula is C22H30N4O. The average Bonchev–Trinajstić information content (AvgIpc) is 2.68. The fourth-order valence-electron chi connectivity index (χ4n) is 3.86. The van der Waals surface area contributed by atoms with Crippen molar-refractivity contribution < 1.29 is 4.79 Å². The van der Waals surface area contributed by atoms with Crippen molar-refractivity contribution >= 4 is 17.5 Å². The molecule has 1 amide bonds. The maximum Gasteiger partial charge on any atom is 0.277 e. The van der Waals surface area contributed by atoms with Gasteiger partial charge in [0.1, 0.15) is 5.69 Å². The van der Waals surface area contributed by atoms with E-state index in [-0.39, 0.29) is 5.91 Å². The Hall–Kier alpha value is -2.43. The van der Waals surface area contributed by atoms with Crippen LogP contribution in [0, 0.1) is 13.8 Å². The van der Waals surface area contributed by atoms with Crippen LogP contribution >= 0.6 is 0 Å². The molecule has 0 saturated carbocycles. The highest BCUT2D eigenvalue weighted by Gasteiger charge is 2.25. The second-order valence-electron chi connectivity index (χ2n) is 7.33. The molecule has 5 heteroatoms. The van der Waals surface area contributed by atoms with Crippen LogP contribution in [0.4, 0.5) is 11.6 Å². The van der Waals surface area contributed by atoms with E-state index in [1.54, 1.807) is 11.0 Å². The third-order valence-electron chi connectivity index (χ3n) is 5.29. The highest BCUT2D eigenvalue weighted by atomic mass is 16.2. The molecule has 27 heavy (non-hydrogen) atoms. The van der Waals surface area contributed by atoms with Crippen LogP contribution in [0.2, 0.25) is 0 Å². The topological polar surface area (TPSA) is 49.3 Å². The van der Waals surface area contributed by atoms with Gasteiger partial charge in [0.25, 0.3) is 5.91 Å². The van der Waals surface area contributed by atoms with Gasteiger partial charge in [-0.1, -0.05) is 19.1 Å². The predicted octanol–water partition coefficient (Wildman–Crippen LogP) is 4.53. The molecule has 0 radical (unpaired) electrons. The van der Waals surface area contributed by atoms with Crippen molar-refractivity contribution in [3.8, 4) is 0 Å². The van der Waals surface area contributed by atoms with Gasteiger partial charge in [0.05, 0.1) is 0 Å². The van der Waals surface area contributed by atoms with Crippen LogP contribution in [-0.2, 0) is 0 Å². The Morgan fingerprint density at radius 3 is 2.70 bits per heavy atom. The number of hydrogen-bond donors (Lipinski definition) is 0. The lowest BCUT2D eigenvalue weighted by molar-refractivity contribution is 0.0983. The van der Waals surface area contributed by atoms with E-state index in [2.05, 4.69) is 16.8 Å². The summed E-state index contributed by atoms with van der Waals surface area (Å²) >= 11 is 0. The molecule has 1 saturated heterocycles. The second kappa shape index (κ2) is 8.51. The average molecular weight is 367 g/mol. The van der Waals surface area contributed by atoms with E-state index in [9.17, 15) is 4.79 Å². The van der Waals surface area contributed by atoms with E-state index in [0.29, 0.717) is 24.2 Å². The summed E-state index contributed by atoms with van der Waals surface area (Å²) in [4.78, 5) is 26.7. The first kappa shape index (κ1) is 19.3. The van der Waals surface area contributed by atoms with Gasteiger partial charge in [0.15, 0.2) is 0 Å². The molecule has 1 fully saturated rings. The van der Waals surface area contributed by atoms with Gasteiger partial charge in [-0.25, -0.2) is 9.97 Å². The maximum atomic E-state index is 13.2. The van der Waals surface area contributed by atoms with Gasteiger partial charge in [0.2, 0.25) is 5.95 Å². The molecule has 0 bridgehead atoms. The molecule has 2 aromatic rings. The molecule has 0 aliphatic carbocycles. The van der Waals surface area contributed by atoms with E-state index in [1.807, 2.05) is 45.0 Å². The Labute approximate surface area is 162 Å². The second-order valence-corrected chi connectivity index (χ2v) is 7.33. The van der Waals surface area contributed by atoms with Gasteiger partial charge in [-0.3, -0.25) is 4.79 Å². The number of aromatic nitrogens is 2. The third-order valence-corrected chi connectivity index (χ3v) is 5.29. The minimum absolute atomic E-state index is 0.0695. The Bertz CT molecular complexity index is 805. The van der Waals surface area contributed by atoms with Crippen LogP contribution < -0.4 is 9.80 Å². The molecule has 2 heterocycles. The molecule has 1 aliphatic rings. The monoisotopic (exact) mass is 366 g/mol. The van der Waals surface area contributed by atoms with E-state index in [0.717, 1.165) is 36.3 Å². The fourth-order valence-corrected chi connectivity index (χ4v) is 3.86. The molecular weight excluding hydrogens is 336 g/mol. The summed E-state index contributed by atoms with van der Waals surface area (Å²) in [5.41, 5.74) is 3.35. The van der Waals surface area contributed by atoms with Crippen molar-refractivity contribution in [2.24, 2.45) is 0 Å². The van der Waals surface area contributed by atoms with Crippen molar-refractivity contribution in [2.45, 2.75) is 59.4 Å². The zero-order valence-electron chi connectivity index (χ0n) is 16.9. The number of carbonyl (C=O) groups excluding carboxylic acids is 1. The summed E-state index contributed by atoms with van der Waals surface area (Å²) in [6.07, 6.45) is 4.65. The number of carbonyl (C=O) groups is 1. The predicted molar refractivity (Wildman–Crippen MR) is 111 cm³/mol. The minimum atomic E-state index is -0.0695. The van der Waals surface area contributed by atoms with Crippen molar-refractivity contribution in [3.63, 3.8) is 0 Å². The SMILES string of the molecule is CCC1CCCCN1c1nc(C)cc(C(=O)N(CC)c2cccc(C)c2)n1. The van der Waals surface area contributed by atoms with E-state index >= 15 is 0 Å². The summed E-state index contributed by atoms with van der Waals surface area (Å²) in [5.74, 6) is 0.630. The lowest BCUT2D eigenvalue weighted by atomic mass is 10.0. The van der Waals surface area contributed by atoms with Crippen LogP contribution in [0.1, 0.15) is 61.3 Å². The van der Waals surface area contributed by atoms with Crippen molar-refractivity contribution in [2.75, 3.05) is 22.9 Å². The van der Waals surface area contributed by atoms with E-state index < -0.39 is 0 Å². The Kier molecular flexibility index (Phi) is 6.09. The molecule has 5 nitrogen and oxygen atoms in total. The normalized spacial score (nSPS) is 17.0. The number of rotatable bonds is 5. The molecule has 144 valence electrons. The van der Waals surface area contributed by atoms with Crippen LogP contribution in [0.5, 0.6) is 0 Å². The summed E-state index contributed by atoms with van der Waals surface area (Å²) in [6, 6.07) is 10.3. The van der Waals surface area contributed by atoms with Crippen LogP contribution in [-0.4, -0.2) is 35.0 Å². The van der Waals surface area contributed by atoms with Gasteiger partial charge in [-0.15, -0.1) is 0 Å². The maximum absolute atomic E-state index is 13.2. The number of anilines is 2. The molecule has 1 unspecified atom stereocenters. The van der Waals surface area contributed by atoms with Crippen molar-refractivity contribution in [3.05, 3.63) is 47.3 Å². The third kappa shape index (κ3) is 4.29. The molecule has 1 aromatic heterocycles. The summed E-state index contributed by atoms with van der Waals surface area (Å²) < 4.78 is 0. The smallest absolute Gasteiger partial charge is 0.277 e. The lowest BCUT2D eigenvalue weighted by Gasteiger charge is -2.35. The van der Waals surface area contributed by atoms with E-state index in [1.165, 1.54) is 12.8 Å². The highest BCUT2D eigenvalue weighted by Crippen LogP contribution is 2.25. The van der Waals surface area contributed by atoms with Gasteiger partial charge >= 0.3 is 0 Å². The zero-order valence-corrected chi connectivity index (χ0v) is 16.9. The first-order chi connectivity index (χ1) is 13.0. The van der Waals surface area contributed by atoms with Gasteiger partial charge in [-0.05, 0) is 70.2 Å². The lowest BCUT2D eigenvalue weighted by Crippen LogP contribution is -2.41. The first-order valence-electron chi connectivity index (χ1n) is 10.0. The quantitative estimate of drug-likeness (QED) is 0.780.